The summed E-state index contributed by atoms with van der Waals surface area (Å²) in [7, 11) is 0. The molecule has 0 saturated heterocycles. The lowest BCUT2D eigenvalue weighted by Gasteiger charge is -2.26. The molecule has 1 aliphatic heterocycles. The minimum Gasteiger partial charge on any atom is -0.491 e. The molecule has 0 fully saturated rings. The molecule has 0 radical (unpaired) electrons. The van der Waals surface area contributed by atoms with Crippen molar-refractivity contribution < 1.29 is 9.53 Å². The number of hydrogen-bond acceptors (Lipinski definition) is 4. The third-order valence-corrected chi connectivity index (χ3v) is 3.90. The van der Waals surface area contributed by atoms with Gasteiger partial charge < -0.3 is 15.0 Å². The number of nitrogens with one attached hydrogen (secondary N) is 1. The van der Waals surface area contributed by atoms with Crippen LogP contribution in [0.3, 0.4) is 0 Å². The SMILES string of the molecule is CCNC(=O)N1Cc2cc(-c3cncnc3)ccc2OC[C@H]1C. The third kappa shape index (κ3) is 3.26. The van der Waals surface area contributed by atoms with Gasteiger partial charge in [0.2, 0.25) is 0 Å². The number of carbonyl (C=O) groups is 1. The Morgan fingerprint density at radius 1 is 1.35 bits per heavy atom. The van der Waals surface area contributed by atoms with Crippen LogP contribution in [-0.2, 0) is 6.54 Å². The van der Waals surface area contributed by atoms with Crippen molar-refractivity contribution >= 4 is 6.03 Å². The molecular formula is C17H20N4O2. The molecule has 0 aliphatic carbocycles. The van der Waals surface area contributed by atoms with E-state index in [0.29, 0.717) is 19.7 Å². The molecule has 1 atom stereocenters. The van der Waals surface area contributed by atoms with Gasteiger partial charge in [-0.1, -0.05) is 6.07 Å². The predicted octanol–water partition coefficient (Wildman–Crippen LogP) is 2.46. The lowest BCUT2D eigenvalue weighted by Crippen LogP contribution is -2.45. The van der Waals surface area contributed by atoms with Crippen LogP contribution in [0.5, 0.6) is 5.75 Å². The van der Waals surface area contributed by atoms with Crippen LogP contribution in [0.4, 0.5) is 4.79 Å². The van der Waals surface area contributed by atoms with Crippen LogP contribution in [0, 0.1) is 0 Å². The van der Waals surface area contributed by atoms with Gasteiger partial charge in [0.25, 0.3) is 0 Å². The topological polar surface area (TPSA) is 67.4 Å². The van der Waals surface area contributed by atoms with Crippen molar-refractivity contribution in [3.05, 3.63) is 42.5 Å². The molecular weight excluding hydrogens is 292 g/mol. The number of fused-ring (bicyclic) bond motifs is 1. The smallest absolute Gasteiger partial charge is 0.318 e. The van der Waals surface area contributed by atoms with Gasteiger partial charge >= 0.3 is 6.03 Å². The van der Waals surface area contributed by atoms with E-state index < -0.39 is 0 Å². The van der Waals surface area contributed by atoms with Gasteiger partial charge in [-0.3, -0.25) is 0 Å². The standard InChI is InChI=1S/C17H20N4O2/c1-3-20-17(22)21-9-14-6-13(15-7-18-11-19-8-15)4-5-16(14)23-10-12(21)2/h4-8,11-12H,3,9-10H2,1-2H3,(H,20,22)/t12-/m1/s1. The quantitative estimate of drug-likeness (QED) is 0.925. The molecule has 6 heteroatoms. The van der Waals surface area contributed by atoms with Crippen LogP contribution in [0.2, 0.25) is 0 Å². The number of carbonyl (C=O) groups excluding carboxylic acids is 1. The number of urea groups is 1. The Hall–Kier alpha value is -2.63. The summed E-state index contributed by atoms with van der Waals surface area (Å²) in [5.74, 6) is 0.823. The van der Waals surface area contributed by atoms with E-state index in [-0.39, 0.29) is 12.1 Å². The minimum atomic E-state index is -0.0649. The zero-order chi connectivity index (χ0) is 16.2. The van der Waals surface area contributed by atoms with Crippen molar-refractivity contribution in [3.63, 3.8) is 0 Å². The summed E-state index contributed by atoms with van der Waals surface area (Å²) in [6, 6.07) is 5.93. The van der Waals surface area contributed by atoms with Gasteiger partial charge in [0, 0.05) is 30.1 Å². The second kappa shape index (κ2) is 6.64. The maximum Gasteiger partial charge on any atom is 0.318 e. The van der Waals surface area contributed by atoms with Crippen molar-refractivity contribution in [1.29, 1.82) is 0 Å². The normalized spacial score (nSPS) is 17.0. The van der Waals surface area contributed by atoms with E-state index in [1.54, 1.807) is 17.3 Å². The first-order valence-electron chi connectivity index (χ1n) is 7.74. The molecule has 1 aromatic heterocycles. The molecule has 0 bridgehead atoms. The van der Waals surface area contributed by atoms with E-state index in [4.69, 9.17) is 4.74 Å². The summed E-state index contributed by atoms with van der Waals surface area (Å²) < 4.78 is 5.86. The van der Waals surface area contributed by atoms with Crippen molar-refractivity contribution in [3.8, 4) is 16.9 Å². The Morgan fingerprint density at radius 2 is 2.13 bits per heavy atom. The second-order valence-electron chi connectivity index (χ2n) is 5.57. The molecule has 1 aliphatic rings. The molecule has 2 aromatic rings. The molecule has 23 heavy (non-hydrogen) atoms. The van der Waals surface area contributed by atoms with Gasteiger partial charge in [-0.2, -0.15) is 0 Å². The zero-order valence-corrected chi connectivity index (χ0v) is 13.3. The maximum atomic E-state index is 12.3. The van der Waals surface area contributed by atoms with Crippen LogP contribution >= 0.6 is 0 Å². The number of amides is 2. The van der Waals surface area contributed by atoms with Crippen LogP contribution < -0.4 is 10.1 Å². The molecule has 6 nitrogen and oxygen atoms in total. The number of benzene rings is 1. The number of hydrogen-bond donors (Lipinski definition) is 1. The average Bonchev–Trinajstić information content (AvgIpc) is 2.75. The van der Waals surface area contributed by atoms with Crippen LogP contribution in [-0.4, -0.2) is 40.1 Å². The van der Waals surface area contributed by atoms with Gasteiger partial charge in [-0.25, -0.2) is 14.8 Å². The summed E-state index contributed by atoms with van der Waals surface area (Å²) in [5, 5.41) is 2.86. The fraction of sp³-hybridized carbons (Fsp3) is 0.353. The monoisotopic (exact) mass is 312 g/mol. The summed E-state index contributed by atoms with van der Waals surface area (Å²) in [5.41, 5.74) is 2.94. The predicted molar refractivity (Wildman–Crippen MR) is 87.0 cm³/mol. The third-order valence-electron chi connectivity index (χ3n) is 3.90. The highest BCUT2D eigenvalue weighted by molar-refractivity contribution is 5.75. The second-order valence-corrected chi connectivity index (χ2v) is 5.57. The van der Waals surface area contributed by atoms with Gasteiger partial charge in [0.15, 0.2) is 0 Å². The lowest BCUT2D eigenvalue weighted by atomic mass is 10.0. The minimum absolute atomic E-state index is 0.0115. The lowest BCUT2D eigenvalue weighted by molar-refractivity contribution is 0.157. The first-order chi connectivity index (χ1) is 11.2. The molecule has 2 heterocycles. The molecule has 120 valence electrons. The van der Waals surface area contributed by atoms with Gasteiger partial charge in [0.1, 0.15) is 18.7 Å². The molecule has 1 N–H and O–H groups in total. The molecule has 3 rings (SSSR count). The number of rotatable bonds is 2. The van der Waals surface area contributed by atoms with E-state index in [0.717, 1.165) is 22.4 Å². The average molecular weight is 312 g/mol. The fourth-order valence-electron chi connectivity index (χ4n) is 2.64. The van der Waals surface area contributed by atoms with Crippen molar-refractivity contribution in [2.24, 2.45) is 0 Å². The molecule has 1 aromatic carbocycles. The first-order valence-corrected chi connectivity index (χ1v) is 7.74. The van der Waals surface area contributed by atoms with Gasteiger partial charge in [-0.15, -0.1) is 0 Å². The maximum absolute atomic E-state index is 12.3. The van der Waals surface area contributed by atoms with Crippen LogP contribution in [0.15, 0.2) is 36.9 Å². The Balaban J connectivity index is 1.92. The fourth-order valence-corrected chi connectivity index (χ4v) is 2.64. The Bertz CT molecular complexity index is 690. The Kier molecular flexibility index (Phi) is 4.41. The highest BCUT2D eigenvalue weighted by Crippen LogP contribution is 2.29. The van der Waals surface area contributed by atoms with E-state index in [1.807, 2.05) is 32.0 Å². The van der Waals surface area contributed by atoms with Crippen LogP contribution in [0.25, 0.3) is 11.1 Å². The van der Waals surface area contributed by atoms with E-state index in [9.17, 15) is 4.79 Å². The molecule has 0 spiro atoms. The Morgan fingerprint density at radius 3 is 2.87 bits per heavy atom. The van der Waals surface area contributed by atoms with E-state index >= 15 is 0 Å². The number of aromatic nitrogens is 2. The summed E-state index contributed by atoms with van der Waals surface area (Å²) in [6.45, 7) is 5.52. The highest BCUT2D eigenvalue weighted by atomic mass is 16.5. The largest absolute Gasteiger partial charge is 0.491 e. The molecule has 0 saturated carbocycles. The summed E-state index contributed by atoms with van der Waals surface area (Å²) >= 11 is 0. The zero-order valence-electron chi connectivity index (χ0n) is 13.3. The van der Waals surface area contributed by atoms with Gasteiger partial charge in [-0.05, 0) is 31.5 Å². The van der Waals surface area contributed by atoms with E-state index in [2.05, 4.69) is 15.3 Å². The highest BCUT2D eigenvalue weighted by Gasteiger charge is 2.25. The van der Waals surface area contributed by atoms with Gasteiger partial charge in [0.05, 0.1) is 12.6 Å². The number of nitrogens with zero attached hydrogens (tertiary/aromatic N) is 3. The molecule has 2 amide bonds. The summed E-state index contributed by atoms with van der Waals surface area (Å²) in [4.78, 5) is 22.2. The van der Waals surface area contributed by atoms with Crippen molar-refractivity contribution in [2.75, 3.05) is 13.2 Å². The van der Waals surface area contributed by atoms with Crippen molar-refractivity contribution in [2.45, 2.75) is 26.4 Å². The van der Waals surface area contributed by atoms with Crippen LogP contribution in [0.1, 0.15) is 19.4 Å². The van der Waals surface area contributed by atoms with E-state index in [1.165, 1.54) is 6.33 Å². The number of ether oxygens (including phenoxy) is 1. The summed E-state index contributed by atoms with van der Waals surface area (Å²) in [6.07, 6.45) is 5.06. The first kappa shape index (κ1) is 15.3. The Labute approximate surface area is 135 Å². The van der Waals surface area contributed by atoms with Crippen molar-refractivity contribution in [1.82, 2.24) is 20.2 Å². The molecule has 0 unspecified atom stereocenters.